The Bertz CT molecular complexity index is 437. The molecular weight excluding hydrogens is 242 g/mol. The molecule has 0 fully saturated rings. The summed E-state index contributed by atoms with van der Waals surface area (Å²) < 4.78 is 5.94. The summed E-state index contributed by atoms with van der Waals surface area (Å²) in [6.07, 6.45) is 2.44. The number of hydrogen-bond acceptors (Lipinski definition) is 5. The second-order valence-corrected chi connectivity index (χ2v) is 4.97. The maximum atomic E-state index is 9.77. The van der Waals surface area contributed by atoms with E-state index in [1.807, 2.05) is 0 Å². The van der Waals surface area contributed by atoms with Crippen molar-refractivity contribution in [1.29, 1.82) is 0 Å². The Morgan fingerprint density at radius 2 is 1.79 bits per heavy atom. The Hall–Kier alpha value is -1.30. The Balaban J connectivity index is 2.38. The highest BCUT2D eigenvalue weighted by Gasteiger charge is 2.35. The fourth-order valence-electron chi connectivity index (χ4n) is 2.91. The molecule has 1 heterocycles. The van der Waals surface area contributed by atoms with Crippen LogP contribution in [0.15, 0.2) is 12.1 Å². The lowest BCUT2D eigenvalue weighted by molar-refractivity contribution is 0.193. The number of fused-ring (bicyclic) bond motifs is 1. The SMILES string of the molecule is NCCc1cc(O)cc2c1C(CCN)C(CCN)O2. The van der Waals surface area contributed by atoms with Gasteiger partial charge in [-0.05, 0) is 50.5 Å². The molecule has 0 spiro atoms. The van der Waals surface area contributed by atoms with Gasteiger partial charge >= 0.3 is 0 Å². The molecule has 1 aliphatic rings. The number of rotatable bonds is 6. The third-order valence-corrected chi connectivity index (χ3v) is 3.65. The minimum Gasteiger partial charge on any atom is -0.508 e. The van der Waals surface area contributed by atoms with Crippen molar-refractivity contribution in [2.75, 3.05) is 19.6 Å². The number of benzene rings is 1. The molecule has 1 aliphatic heterocycles. The number of phenolic OH excluding ortho intramolecular Hbond substituents is 1. The second kappa shape index (κ2) is 6.23. The first-order valence-electron chi connectivity index (χ1n) is 6.83. The highest BCUT2D eigenvalue weighted by Crippen LogP contribution is 2.45. The van der Waals surface area contributed by atoms with E-state index in [0.29, 0.717) is 19.6 Å². The molecule has 0 radical (unpaired) electrons. The van der Waals surface area contributed by atoms with Crippen LogP contribution < -0.4 is 21.9 Å². The van der Waals surface area contributed by atoms with Gasteiger partial charge in [-0.3, -0.25) is 0 Å². The molecule has 7 N–H and O–H groups in total. The lowest BCUT2D eigenvalue weighted by Gasteiger charge is -2.18. The van der Waals surface area contributed by atoms with E-state index in [9.17, 15) is 5.11 Å². The average molecular weight is 265 g/mol. The van der Waals surface area contributed by atoms with Crippen LogP contribution in [0.4, 0.5) is 0 Å². The predicted molar refractivity (Wildman–Crippen MR) is 75.4 cm³/mol. The van der Waals surface area contributed by atoms with Gasteiger partial charge in [0.2, 0.25) is 0 Å². The molecule has 5 heteroatoms. The van der Waals surface area contributed by atoms with E-state index in [1.54, 1.807) is 12.1 Å². The highest BCUT2D eigenvalue weighted by molar-refractivity contribution is 5.51. The van der Waals surface area contributed by atoms with E-state index >= 15 is 0 Å². The third-order valence-electron chi connectivity index (χ3n) is 3.65. The molecule has 2 unspecified atom stereocenters. The zero-order chi connectivity index (χ0) is 13.8. The summed E-state index contributed by atoms with van der Waals surface area (Å²) in [6, 6.07) is 3.46. The van der Waals surface area contributed by atoms with Crippen molar-refractivity contribution in [2.24, 2.45) is 17.2 Å². The van der Waals surface area contributed by atoms with Crippen molar-refractivity contribution < 1.29 is 9.84 Å². The van der Waals surface area contributed by atoms with Gasteiger partial charge < -0.3 is 27.0 Å². The van der Waals surface area contributed by atoms with Crippen molar-refractivity contribution in [3.63, 3.8) is 0 Å². The summed E-state index contributed by atoms with van der Waals surface area (Å²) in [5.74, 6) is 1.24. The van der Waals surface area contributed by atoms with Crippen LogP contribution in [-0.4, -0.2) is 30.8 Å². The van der Waals surface area contributed by atoms with Crippen LogP contribution in [0.5, 0.6) is 11.5 Å². The normalized spacial score (nSPS) is 21.2. The van der Waals surface area contributed by atoms with Crippen LogP contribution in [0.1, 0.15) is 29.9 Å². The predicted octanol–water partition coefficient (Wildman–Crippen LogP) is 0.436. The van der Waals surface area contributed by atoms with E-state index in [2.05, 4.69) is 0 Å². The van der Waals surface area contributed by atoms with Crippen LogP contribution in [-0.2, 0) is 6.42 Å². The largest absolute Gasteiger partial charge is 0.508 e. The first-order valence-corrected chi connectivity index (χ1v) is 6.83. The molecular formula is C14H23N3O2. The van der Waals surface area contributed by atoms with Crippen molar-refractivity contribution >= 4 is 0 Å². The molecule has 1 aromatic carbocycles. The summed E-state index contributed by atoms with van der Waals surface area (Å²) >= 11 is 0. The molecule has 2 atom stereocenters. The van der Waals surface area contributed by atoms with Gasteiger partial charge in [-0.15, -0.1) is 0 Å². The molecule has 1 aromatic rings. The fourth-order valence-corrected chi connectivity index (χ4v) is 2.91. The maximum Gasteiger partial charge on any atom is 0.127 e. The quantitative estimate of drug-likeness (QED) is 0.597. The Labute approximate surface area is 113 Å². The number of aromatic hydroxyl groups is 1. The van der Waals surface area contributed by atoms with Crippen LogP contribution in [0.3, 0.4) is 0 Å². The fraction of sp³-hybridized carbons (Fsp3) is 0.571. The molecule has 0 bridgehead atoms. The highest BCUT2D eigenvalue weighted by atomic mass is 16.5. The van der Waals surface area contributed by atoms with Gasteiger partial charge in [0.1, 0.15) is 17.6 Å². The second-order valence-electron chi connectivity index (χ2n) is 4.97. The Morgan fingerprint density at radius 1 is 1.05 bits per heavy atom. The third kappa shape index (κ3) is 2.83. The molecule has 19 heavy (non-hydrogen) atoms. The van der Waals surface area contributed by atoms with Crippen molar-refractivity contribution in [1.82, 2.24) is 0 Å². The van der Waals surface area contributed by atoms with E-state index in [0.717, 1.165) is 36.1 Å². The summed E-state index contributed by atoms with van der Waals surface area (Å²) in [7, 11) is 0. The van der Waals surface area contributed by atoms with E-state index in [-0.39, 0.29) is 17.8 Å². The first kappa shape index (κ1) is 14.1. The maximum absolute atomic E-state index is 9.77. The zero-order valence-corrected chi connectivity index (χ0v) is 11.1. The molecule has 0 aromatic heterocycles. The van der Waals surface area contributed by atoms with Crippen molar-refractivity contribution in [3.8, 4) is 11.5 Å². The van der Waals surface area contributed by atoms with Crippen LogP contribution in [0, 0.1) is 0 Å². The molecule has 2 rings (SSSR count). The standard InChI is InChI=1S/C14H23N3O2/c15-4-1-9-7-10(18)8-13-14(9)11(2-5-16)12(19-13)3-6-17/h7-8,11-12,18H,1-6,15-17H2. The molecule has 0 amide bonds. The van der Waals surface area contributed by atoms with Crippen molar-refractivity contribution in [2.45, 2.75) is 31.3 Å². The van der Waals surface area contributed by atoms with Crippen LogP contribution in [0.25, 0.3) is 0 Å². The monoisotopic (exact) mass is 265 g/mol. The van der Waals surface area contributed by atoms with Gasteiger partial charge in [0.25, 0.3) is 0 Å². The number of ether oxygens (including phenoxy) is 1. The minimum atomic E-state index is 0.0573. The Morgan fingerprint density at radius 3 is 2.42 bits per heavy atom. The molecule has 0 saturated heterocycles. The van der Waals surface area contributed by atoms with Gasteiger partial charge in [0.15, 0.2) is 0 Å². The minimum absolute atomic E-state index is 0.0573. The topological polar surface area (TPSA) is 108 Å². The summed E-state index contributed by atoms with van der Waals surface area (Å²) in [4.78, 5) is 0. The molecule has 0 saturated carbocycles. The van der Waals surface area contributed by atoms with E-state index in [1.165, 1.54) is 0 Å². The van der Waals surface area contributed by atoms with E-state index in [4.69, 9.17) is 21.9 Å². The van der Waals surface area contributed by atoms with Crippen LogP contribution >= 0.6 is 0 Å². The molecule has 5 nitrogen and oxygen atoms in total. The lowest BCUT2D eigenvalue weighted by atomic mass is 9.86. The van der Waals surface area contributed by atoms with Crippen LogP contribution in [0.2, 0.25) is 0 Å². The number of phenols is 1. The van der Waals surface area contributed by atoms with E-state index < -0.39 is 0 Å². The smallest absolute Gasteiger partial charge is 0.127 e. The molecule has 106 valence electrons. The summed E-state index contributed by atoms with van der Waals surface area (Å²) in [5, 5.41) is 9.77. The van der Waals surface area contributed by atoms with Gasteiger partial charge in [0.05, 0.1) is 0 Å². The summed E-state index contributed by atoms with van der Waals surface area (Å²) in [5.41, 5.74) is 19.2. The zero-order valence-electron chi connectivity index (χ0n) is 11.1. The van der Waals surface area contributed by atoms with Crippen molar-refractivity contribution in [3.05, 3.63) is 23.3 Å². The lowest BCUT2D eigenvalue weighted by Crippen LogP contribution is -2.24. The number of hydrogen-bond donors (Lipinski definition) is 4. The first-order chi connectivity index (χ1) is 9.21. The molecule has 0 aliphatic carbocycles. The number of nitrogens with two attached hydrogens (primary N) is 3. The van der Waals surface area contributed by atoms with Gasteiger partial charge in [-0.1, -0.05) is 0 Å². The van der Waals surface area contributed by atoms with Gasteiger partial charge in [0, 0.05) is 17.5 Å². The Kier molecular flexibility index (Phi) is 4.63. The average Bonchev–Trinajstić information content (AvgIpc) is 2.69. The van der Waals surface area contributed by atoms with Gasteiger partial charge in [-0.25, -0.2) is 0 Å². The summed E-state index contributed by atoms with van der Waals surface area (Å²) in [6.45, 7) is 1.74. The van der Waals surface area contributed by atoms with Gasteiger partial charge in [-0.2, -0.15) is 0 Å².